The lowest BCUT2D eigenvalue weighted by molar-refractivity contribution is -0.143. The maximum atomic E-state index is 12.4. The van der Waals surface area contributed by atoms with Crippen molar-refractivity contribution in [3.63, 3.8) is 0 Å². The van der Waals surface area contributed by atoms with E-state index >= 15 is 0 Å². The number of carbonyl (C=O) groups excluding carboxylic acids is 2. The zero-order valence-corrected chi connectivity index (χ0v) is 15.3. The van der Waals surface area contributed by atoms with E-state index in [1.54, 1.807) is 0 Å². The third-order valence-corrected chi connectivity index (χ3v) is 5.10. The molecule has 1 N–H and O–H groups in total. The molecule has 3 heterocycles. The molecule has 0 bridgehead atoms. The molecule has 1 aromatic heterocycles. The fraction of sp³-hybridized carbons (Fsp3) is 0.500. The lowest BCUT2D eigenvalue weighted by Crippen LogP contribution is -2.50. The van der Waals surface area contributed by atoms with Gasteiger partial charge in [0, 0.05) is 31.6 Å². The summed E-state index contributed by atoms with van der Waals surface area (Å²) in [6.07, 6.45) is 2.06. The molecule has 1 fully saturated rings. The van der Waals surface area contributed by atoms with Crippen LogP contribution < -0.4 is 4.90 Å². The van der Waals surface area contributed by atoms with E-state index in [4.69, 9.17) is 9.94 Å². The van der Waals surface area contributed by atoms with Crippen LogP contribution in [0.1, 0.15) is 18.4 Å². The molecule has 0 radical (unpaired) electrons. The first-order valence-electron chi connectivity index (χ1n) is 7.92. The quantitative estimate of drug-likeness (QED) is 0.684. The van der Waals surface area contributed by atoms with E-state index in [9.17, 15) is 22.8 Å². The van der Waals surface area contributed by atoms with Gasteiger partial charge in [-0.25, -0.2) is 32.8 Å². The number of fused-ring (bicyclic) bond motifs is 1. The van der Waals surface area contributed by atoms with Crippen molar-refractivity contribution in [1.82, 2.24) is 19.9 Å². The summed E-state index contributed by atoms with van der Waals surface area (Å²) in [6, 6.07) is -1.75. The highest BCUT2D eigenvalue weighted by atomic mass is 32.2. The molecule has 146 valence electrons. The van der Waals surface area contributed by atoms with Crippen LogP contribution in [0, 0.1) is 0 Å². The predicted molar refractivity (Wildman–Crippen MR) is 88.3 cm³/mol. The van der Waals surface area contributed by atoms with Crippen LogP contribution in [0.4, 0.5) is 15.4 Å². The normalized spacial score (nSPS) is 19.9. The third kappa shape index (κ3) is 3.49. The van der Waals surface area contributed by atoms with Gasteiger partial charge in [0.25, 0.3) is 0 Å². The molecule has 2 aliphatic heterocycles. The Morgan fingerprint density at radius 1 is 1.37 bits per heavy atom. The Labute approximate surface area is 154 Å². The molecule has 3 rings (SSSR count). The van der Waals surface area contributed by atoms with Crippen LogP contribution in [-0.2, 0) is 26.0 Å². The molecule has 0 saturated carbocycles. The summed E-state index contributed by atoms with van der Waals surface area (Å²) in [6.45, 7) is 0.0188. The number of hydrogen-bond acceptors (Lipinski definition) is 8. The summed E-state index contributed by atoms with van der Waals surface area (Å²) in [5.41, 5.74) is 0.369. The largest absolute Gasteiger partial charge is 0.480 e. The van der Waals surface area contributed by atoms with E-state index < -0.39 is 39.1 Å². The molecule has 1 atom stereocenters. The summed E-state index contributed by atoms with van der Waals surface area (Å²) in [5.74, 6) is -1.05. The molecule has 0 spiro atoms. The van der Waals surface area contributed by atoms with Crippen molar-refractivity contribution in [3.05, 3.63) is 11.8 Å². The highest BCUT2D eigenvalue weighted by Gasteiger charge is 2.39. The first-order chi connectivity index (χ1) is 12.6. The molecular formula is C14H17N5O7S. The number of rotatable bonds is 3. The lowest BCUT2D eigenvalue weighted by atomic mass is 10.2. The number of urea groups is 1. The van der Waals surface area contributed by atoms with Crippen LogP contribution in [0.5, 0.6) is 0 Å². The van der Waals surface area contributed by atoms with Gasteiger partial charge in [-0.15, -0.1) is 5.06 Å². The molecule has 0 aliphatic carbocycles. The van der Waals surface area contributed by atoms with Crippen LogP contribution in [0.15, 0.2) is 11.4 Å². The Morgan fingerprint density at radius 3 is 2.70 bits per heavy atom. The van der Waals surface area contributed by atoms with Gasteiger partial charge in [-0.2, -0.15) is 0 Å². The van der Waals surface area contributed by atoms with Crippen LogP contribution in [0.2, 0.25) is 0 Å². The highest BCUT2D eigenvalue weighted by molar-refractivity contribution is 7.90. The highest BCUT2D eigenvalue weighted by Crippen LogP contribution is 2.27. The summed E-state index contributed by atoms with van der Waals surface area (Å²) < 4.78 is 23.2. The average molecular weight is 399 g/mol. The topological polar surface area (TPSA) is 150 Å². The molecule has 1 unspecified atom stereocenters. The number of hydrogen-bond donors (Lipinski definition) is 1. The van der Waals surface area contributed by atoms with Gasteiger partial charge in [0.15, 0.2) is 0 Å². The van der Waals surface area contributed by atoms with Gasteiger partial charge in [0.2, 0.25) is 15.0 Å². The molecular weight excluding hydrogens is 382 g/mol. The van der Waals surface area contributed by atoms with Crippen LogP contribution in [-0.4, -0.2) is 77.4 Å². The molecule has 1 saturated heterocycles. The summed E-state index contributed by atoms with van der Waals surface area (Å²) >= 11 is 0. The van der Waals surface area contributed by atoms with Crippen LogP contribution >= 0.6 is 0 Å². The number of sulfone groups is 1. The molecule has 27 heavy (non-hydrogen) atoms. The smallest absolute Gasteiger partial charge is 0.435 e. The number of carboxylic acid groups (broad SMARTS) is 1. The maximum absolute atomic E-state index is 12.4. The number of carbonyl (C=O) groups is 3. The summed E-state index contributed by atoms with van der Waals surface area (Å²) in [5, 5.41) is 9.48. The number of aliphatic carboxylic acids is 1. The van der Waals surface area contributed by atoms with E-state index in [1.165, 1.54) is 13.2 Å². The van der Waals surface area contributed by atoms with Crippen molar-refractivity contribution in [2.45, 2.75) is 30.6 Å². The zero-order valence-electron chi connectivity index (χ0n) is 14.5. The Kier molecular flexibility index (Phi) is 4.63. The van der Waals surface area contributed by atoms with E-state index in [0.717, 1.165) is 21.1 Å². The second kappa shape index (κ2) is 6.64. The van der Waals surface area contributed by atoms with E-state index in [2.05, 4.69) is 9.97 Å². The minimum atomic E-state index is -3.66. The maximum Gasteiger partial charge on any atom is 0.435 e. The second-order valence-corrected chi connectivity index (χ2v) is 8.11. The average Bonchev–Trinajstić information content (AvgIpc) is 3.08. The van der Waals surface area contributed by atoms with E-state index in [-0.39, 0.29) is 18.9 Å². The van der Waals surface area contributed by atoms with Crippen molar-refractivity contribution in [2.75, 3.05) is 24.7 Å². The fourth-order valence-corrected chi connectivity index (χ4v) is 3.40. The molecule has 13 heteroatoms. The number of anilines is 1. The molecule has 3 amide bonds. The number of aromatic nitrogens is 2. The third-order valence-electron chi connectivity index (χ3n) is 4.24. The van der Waals surface area contributed by atoms with Crippen molar-refractivity contribution in [2.24, 2.45) is 0 Å². The second-order valence-electron chi connectivity index (χ2n) is 6.20. The lowest BCUT2D eigenvalue weighted by Gasteiger charge is -2.33. The first-order valence-corrected chi connectivity index (χ1v) is 9.81. The van der Waals surface area contributed by atoms with Crippen molar-refractivity contribution in [3.8, 4) is 0 Å². The Hall–Kier alpha value is -2.96. The number of amides is 3. The summed E-state index contributed by atoms with van der Waals surface area (Å²) in [7, 11) is -2.31. The van der Waals surface area contributed by atoms with Gasteiger partial charge in [0.1, 0.15) is 11.9 Å². The van der Waals surface area contributed by atoms with Gasteiger partial charge in [-0.3, -0.25) is 9.80 Å². The van der Waals surface area contributed by atoms with Crippen molar-refractivity contribution >= 4 is 33.7 Å². The monoisotopic (exact) mass is 399 g/mol. The molecule has 1 aromatic rings. The Bertz CT molecular complexity index is 918. The van der Waals surface area contributed by atoms with Gasteiger partial charge < -0.3 is 9.94 Å². The molecule has 12 nitrogen and oxygen atoms in total. The van der Waals surface area contributed by atoms with Gasteiger partial charge in [-0.05, 0) is 12.8 Å². The number of hydroxylamine groups is 2. The Morgan fingerprint density at radius 2 is 2.07 bits per heavy atom. The number of nitrogens with zero attached hydrogens (tertiary/aromatic N) is 5. The first kappa shape index (κ1) is 18.8. The van der Waals surface area contributed by atoms with E-state index in [1.807, 2.05) is 0 Å². The molecule has 0 aromatic carbocycles. The van der Waals surface area contributed by atoms with Crippen LogP contribution in [0.25, 0.3) is 0 Å². The van der Waals surface area contributed by atoms with Crippen molar-refractivity contribution < 1.29 is 32.7 Å². The van der Waals surface area contributed by atoms with Gasteiger partial charge in [0.05, 0.1) is 6.54 Å². The minimum Gasteiger partial charge on any atom is -0.480 e. The van der Waals surface area contributed by atoms with Gasteiger partial charge in [-0.1, -0.05) is 0 Å². The minimum absolute atomic E-state index is 0.0901. The Balaban J connectivity index is 1.81. The van der Waals surface area contributed by atoms with E-state index in [0.29, 0.717) is 18.4 Å². The number of likely N-dealkylation sites (tertiary alicyclic amines) is 1. The van der Waals surface area contributed by atoms with Crippen molar-refractivity contribution in [1.29, 1.82) is 0 Å². The van der Waals surface area contributed by atoms with Crippen LogP contribution in [0.3, 0.4) is 0 Å². The summed E-state index contributed by atoms with van der Waals surface area (Å²) in [4.78, 5) is 50.8. The van der Waals surface area contributed by atoms with Gasteiger partial charge >= 0.3 is 18.1 Å². The fourth-order valence-electron chi connectivity index (χ4n) is 2.90. The predicted octanol–water partition coefficient (Wildman–Crippen LogP) is -0.147. The standard InChI is InChI=1S/C14H17N5O7S/c1-17-10-8(6-15-12(16-10)27(2,24)25)7-19(13(17)22)26-14(23)18-5-3-4-9(18)11(20)21/h6,9H,3-5,7H2,1-2H3,(H,20,21). The molecule has 2 aliphatic rings. The zero-order chi connectivity index (χ0) is 19.9. The SMILES string of the molecule is CN1C(=O)N(OC(=O)N2CCCC2C(=O)O)Cc2cnc(S(C)(=O)=O)nc21. The number of carboxylic acids is 1.